The number of thioether (sulfide) groups is 1. The molecule has 6 rings (SSSR count). The van der Waals surface area contributed by atoms with E-state index in [2.05, 4.69) is 20.6 Å². The van der Waals surface area contributed by atoms with Crippen molar-refractivity contribution in [1.82, 2.24) is 15.3 Å². The van der Waals surface area contributed by atoms with Gasteiger partial charge in [-0.15, -0.1) is 11.8 Å². The number of cyclic esters (lactones) is 1. The predicted octanol–water partition coefficient (Wildman–Crippen LogP) is 2.99. The van der Waals surface area contributed by atoms with Crippen LogP contribution in [0.3, 0.4) is 0 Å². The number of rotatable bonds is 7. The molecule has 1 aromatic carbocycles. The highest BCUT2D eigenvalue weighted by Gasteiger charge is 2.33. The van der Waals surface area contributed by atoms with E-state index >= 15 is 0 Å². The number of carbonyl (C=O) groups excluding carboxylic acids is 2. The number of hydrogen-bond acceptors (Lipinski definition) is 9. The Hall–Kier alpha value is -3.57. The van der Waals surface area contributed by atoms with Gasteiger partial charge in [0.05, 0.1) is 42.3 Å². The SMILES string of the molecule is COc1ccc2ncc3c(c2n1)C[C@H](CNCC[C@@H]1CN(c2ccc4c(c2)NC(=O)CS4)C(=O)O1)O3. The maximum absolute atomic E-state index is 12.5. The minimum absolute atomic E-state index is 0.0217. The lowest BCUT2D eigenvalue weighted by molar-refractivity contribution is -0.113. The summed E-state index contributed by atoms with van der Waals surface area (Å²) in [5.74, 6) is 1.69. The maximum Gasteiger partial charge on any atom is 0.414 e. The summed E-state index contributed by atoms with van der Waals surface area (Å²) in [6.45, 7) is 1.81. The lowest BCUT2D eigenvalue weighted by Gasteiger charge is -2.20. The Bertz CT molecular complexity index is 1350. The molecule has 3 aromatic rings. The second-order valence-electron chi connectivity index (χ2n) is 8.89. The molecule has 3 aliphatic heterocycles. The third kappa shape index (κ3) is 4.40. The Morgan fingerprint density at radius 2 is 2.14 bits per heavy atom. The summed E-state index contributed by atoms with van der Waals surface area (Å²) < 4.78 is 16.9. The zero-order valence-electron chi connectivity index (χ0n) is 19.7. The van der Waals surface area contributed by atoms with Crippen molar-refractivity contribution < 1.29 is 23.8 Å². The van der Waals surface area contributed by atoms with Crippen LogP contribution in [0.2, 0.25) is 0 Å². The van der Waals surface area contributed by atoms with Crippen LogP contribution in [-0.2, 0) is 16.0 Å². The number of hydrogen-bond donors (Lipinski definition) is 2. The standard InChI is InChI=1S/C25H25N5O5S/c1-33-23-5-3-18-24(29-23)17-9-16(34-20(17)11-27-18)10-26-7-6-15-12-30(25(32)35-15)14-2-4-21-19(8-14)28-22(31)13-36-21/h2-5,8,11,15-16,26H,6-7,9-10,12-13H2,1H3,(H,28,31)/t15-,16-/m1/s1. The molecule has 1 fully saturated rings. The van der Waals surface area contributed by atoms with Gasteiger partial charge in [-0.2, -0.15) is 0 Å². The van der Waals surface area contributed by atoms with Gasteiger partial charge in [-0.05, 0) is 37.2 Å². The molecule has 2 amide bonds. The van der Waals surface area contributed by atoms with Crippen LogP contribution < -0.4 is 25.0 Å². The zero-order chi connectivity index (χ0) is 24.6. The van der Waals surface area contributed by atoms with Crippen molar-refractivity contribution in [3.05, 3.63) is 42.1 Å². The topological polar surface area (TPSA) is 115 Å². The van der Waals surface area contributed by atoms with Crippen molar-refractivity contribution in [3.8, 4) is 11.6 Å². The highest BCUT2D eigenvalue weighted by atomic mass is 32.2. The van der Waals surface area contributed by atoms with Crippen molar-refractivity contribution in [3.63, 3.8) is 0 Å². The summed E-state index contributed by atoms with van der Waals surface area (Å²) >= 11 is 1.49. The van der Waals surface area contributed by atoms with Gasteiger partial charge in [-0.25, -0.2) is 9.78 Å². The molecule has 0 unspecified atom stereocenters. The number of aromatic nitrogens is 2. The fourth-order valence-electron chi connectivity index (χ4n) is 4.71. The Morgan fingerprint density at radius 1 is 1.22 bits per heavy atom. The number of benzene rings is 1. The fraction of sp³-hybridized carbons (Fsp3) is 0.360. The van der Waals surface area contributed by atoms with Gasteiger partial charge in [0.25, 0.3) is 0 Å². The van der Waals surface area contributed by atoms with Crippen LogP contribution in [0.5, 0.6) is 11.6 Å². The van der Waals surface area contributed by atoms with E-state index in [1.54, 1.807) is 24.3 Å². The van der Waals surface area contributed by atoms with E-state index in [0.717, 1.165) is 45.0 Å². The number of nitrogens with one attached hydrogen (secondary N) is 2. The molecule has 2 atom stereocenters. The van der Waals surface area contributed by atoms with Crippen LogP contribution in [0.25, 0.3) is 11.0 Å². The average Bonchev–Trinajstić information content (AvgIpc) is 3.48. The largest absolute Gasteiger partial charge is 0.487 e. The highest BCUT2D eigenvalue weighted by molar-refractivity contribution is 8.00. The number of amides is 2. The van der Waals surface area contributed by atoms with E-state index in [-0.39, 0.29) is 24.2 Å². The first kappa shape index (κ1) is 22.9. The van der Waals surface area contributed by atoms with Crippen molar-refractivity contribution in [2.75, 3.05) is 42.7 Å². The summed E-state index contributed by atoms with van der Waals surface area (Å²) in [6.07, 6.45) is 2.57. The quantitative estimate of drug-likeness (QED) is 0.466. The predicted molar refractivity (Wildman–Crippen MR) is 135 cm³/mol. The van der Waals surface area contributed by atoms with Gasteiger partial charge in [0.15, 0.2) is 0 Å². The Kier molecular flexibility index (Phi) is 6.02. The van der Waals surface area contributed by atoms with E-state index < -0.39 is 0 Å². The van der Waals surface area contributed by atoms with E-state index in [1.807, 2.05) is 24.3 Å². The minimum atomic E-state index is -0.369. The molecule has 3 aliphatic rings. The van der Waals surface area contributed by atoms with Gasteiger partial charge in [0.1, 0.15) is 18.0 Å². The van der Waals surface area contributed by atoms with Gasteiger partial charge in [0.2, 0.25) is 11.8 Å². The van der Waals surface area contributed by atoms with Crippen molar-refractivity contribution in [1.29, 1.82) is 0 Å². The van der Waals surface area contributed by atoms with Crippen molar-refractivity contribution >= 4 is 46.2 Å². The van der Waals surface area contributed by atoms with Gasteiger partial charge in [0, 0.05) is 35.2 Å². The molecule has 0 radical (unpaired) electrons. The van der Waals surface area contributed by atoms with Crippen LogP contribution in [0.4, 0.5) is 16.2 Å². The van der Waals surface area contributed by atoms with Gasteiger partial charge >= 0.3 is 6.09 Å². The molecule has 0 bridgehead atoms. The average molecular weight is 508 g/mol. The van der Waals surface area contributed by atoms with E-state index in [0.29, 0.717) is 37.7 Å². The third-order valence-corrected chi connectivity index (χ3v) is 7.56. The lowest BCUT2D eigenvalue weighted by Crippen LogP contribution is -2.32. The normalized spacial score (nSPS) is 20.5. The summed E-state index contributed by atoms with van der Waals surface area (Å²) in [6, 6.07) is 9.36. The Morgan fingerprint density at radius 3 is 3.03 bits per heavy atom. The molecule has 10 nitrogen and oxygen atoms in total. The van der Waals surface area contributed by atoms with Crippen LogP contribution in [-0.4, -0.2) is 66.7 Å². The minimum Gasteiger partial charge on any atom is -0.487 e. The summed E-state index contributed by atoms with van der Waals surface area (Å²) in [5.41, 5.74) is 4.14. The fourth-order valence-corrected chi connectivity index (χ4v) is 5.49. The second kappa shape index (κ2) is 9.47. The molecule has 36 heavy (non-hydrogen) atoms. The third-order valence-electron chi connectivity index (χ3n) is 6.48. The van der Waals surface area contributed by atoms with Gasteiger partial charge in [-0.1, -0.05) is 0 Å². The van der Waals surface area contributed by atoms with E-state index in [1.165, 1.54) is 11.8 Å². The summed E-state index contributed by atoms with van der Waals surface area (Å²) in [4.78, 5) is 35.8. The van der Waals surface area contributed by atoms with Crippen LogP contribution in [0, 0.1) is 0 Å². The zero-order valence-corrected chi connectivity index (χ0v) is 20.5. The summed E-state index contributed by atoms with van der Waals surface area (Å²) in [5, 5.41) is 6.29. The molecule has 11 heteroatoms. The molecule has 5 heterocycles. The smallest absolute Gasteiger partial charge is 0.414 e. The maximum atomic E-state index is 12.5. The molecule has 0 spiro atoms. The number of pyridine rings is 2. The molecule has 0 saturated carbocycles. The Balaban J connectivity index is 1.01. The Labute approximate surface area is 211 Å². The van der Waals surface area contributed by atoms with Crippen molar-refractivity contribution in [2.45, 2.75) is 29.9 Å². The second-order valence-corrected chi connectivity index (χ2v) is 9.91. The first-order valence-electron chi connectivity index (χ1n) is 11.8. The molecule has 2 aromatic heterocycles. The van der Waals surface area contributed by atoms with Gasteiger partial charge < -0.3 is 24.8 Å². The molecular formula is C25H25N5O5S. The molecule has 1 saturated heterocycles. The van der Waals surface area contributed by atoms with E-state index in [4.69, 9.17) is 14.2 Å². The monoisotopic (exact) mass is 507 g/mol. The number of nitrogens with zero attached hydrogens (tertiary/aromatic N) is 3. The lowest BCUT2D eigenvalue weighted by atomic mass is 10.1. The van der Waals surface area contributed by atoms with Crippen LogP contribution in [0.1, 0.15) is 12.0 Å². The number of fused-ring (bicyclic) bond motifs is 4. The van der Waals surface area contributed by atoms with Gasteiger partial charge in [-0.3, -0.25) is 14.7 Å². The molecular weight excluding hydrogens is 482 g/mol. The summed E-state index contributed by atoms with van der Waals surface area (Å²) in [7, 11) is 1.60. The molecule has 2 N–H and O–H groups in total. The first-order valence-corrected chi connectivity index (χ1v) is 12.8. The molecule has 186 valence electrons. The number of methoxy groups -OCH3 is 1. The van der Waals surface area contributed by atoms with Crippen LogP contribution >= 0.6 is 11.8 Å². The van der Waals surface area contributed by atoms with Crippen LogP contribution in [0.15, 0.2) is 41.4 Å². The van der Waals surface area contributed by atoms with Crippen molar-refractivity contribution in [2.24, 2.45) is 0 Å². The van der Waals surface area contributed by atoms with E-state index in [9.17, 15) is 9.59 Å². The number of carbonyl (C=O) groups is 2. The number of ether oxygens (including phenoxy) is 3. The number of anilines is 2. The molecule has 0 aliphatic carbocycles. The first-order chi connectivity index (χ1) is 17.6. The highest BCUT2D eigenvalue weighted by Crippen LogP contribution is 2.36.